The number of nitrogens with zero attached hydrogens (tertiary/aromatic N) is 3. The molecule has 1 aliphatic rings. The molecule has 0 unspecified atom stereocenters. The van der Waals surface area contributed by atoms with Crippen molar-refractivity contribution in [3.8, 4) is 11.4 Å². The maximum absolute atomic E-state index is 12.6. The summed E-state index contributed by atoms with van der Waals surface area (Å²) in [5, 5.41) is 12.2. The largest absolute Gasteiger partial charge is 0.478 e. The highest BCUT2D eigenvalue weighted by Crippen LogP contribution is 2.37. The lowest BCUT2D eigenvalue weighted by molar-refractivity contribution is 0.0696. The van der Waals surface area contributed by atoms with Crippen LogP contribution in [-0.2, 0) is 0 Å². The minimum Gasteiger partial charge on any atom is -0.478 e. The summed E-state index contributed by atoms with van der Waals surface area (Å²) in [5.74, 6) is -0.359. The number of benzene rings is 2. The molecule has 2 aromatic heterocycles. The van der Waals surface area contributed by atoms with E-state index in [9.17, 15) is 14.7 Å². The second-order valence-electron chi connectivity index (χ2n) is 8.02. The topological polar surface area (TPSA) is 97.1 Å². The standard InChI is InChI=1S/C25H22N4O3/c30-24(27-19-11-13-26-14-12-19)17-7-5-16(6-8-17)23-28-21-15-18(25(31)32)9-10-22(21)29(23)20-3-1-2-4-20/h5-15,20H,1-4H2,(H,31,32)(H,26,27,30). The molecule has 2 N–H and O–H groups in total. The molecule has 0 spiro atoms. The summed E-state index contributed by atoms with van der Waals surface area (Å²) in [4.78, 5) is 32.7. The molecular formula is C25H22N4O3. The Morgan fingerprint density at radius 2 is 1.62 bits per heavy atom. The molecule has 0 bridgehead atoms. The number of fused-ring (bicyclic) bond motifs is 1. The molecule has 32 heavy (non-hydrogen) atoms. The summed E-state index contributed by atoms with van der Waals surface area (Å²) in [5.41, 5.74) is 3.96. The van der Waals surface area contributed by atoms with Crippen LogP contribution < -0.4 is 5.32 Å². The normalized spacial score (nSPS) is 14.0. The summed E-state index contributed by atoms with van der Waals surface area (Å²) < 4.78 is 2.24. The van der Waals surface area contributed by atoms with E-state index in [2.05, 4.69) is 14.9 Å². The van der Waals surface area contributed by atoms with Gasteiger partial charge in [0.1, 0.15) is 5.82 Å². The van der Waals surface area contributed by atoms with Crippen molar-refractivity contribution in [3.63, 3.8) is 0 Å². The number of carboxylic acids is 1. The van der Waals surface area contributed by atoms with E-state index in [1.165, 1.54) is 12.8 Å². The van der Waals surface area contributed by atoms with Crippen LogP contribution in [-0.4, -0.2) is 31.5 Å². The molecule has 1 fully saturated rings. The molecule has 1 amide bonds. The predicted octanol–water partition coefficient (Wildman–Crippen LogP) is 5.16. The monoisotopic (exact) mass is 426 g/mol. The lowest BCUT2D eigenvalue weighted by Gasteiger charge is -2.16. The number of carbonyl (C=O) groups excluding carboxylic acids is 1. The highest BCUT2D eigenvalue weighted by atomic mass is 16.4. The van der Waals surface area contributed by atoms with Crippen LogP contribution in [0, 0.1) is 0 Å². The van der Waals surface area contributed by atoms with Crippen molar-refractivity contribution >= 4 is 28.6 Å². The second-order valence-corrected chi connectivity index (χ2v) is 8.02. The molecule has 7 heteroatoms. The molecule has 0 saturated heterocycles. The van der Waals surface area contributed by atoms with Crippen LogP contribution in [0.2, 0.25) is 0 Å². The Kier molecular flexibility index (Phi) is 5.15. The Hall–Kier alpha value is -4.00. The van der Waals surface area contributed by atoms with Crippen molar-refractivity contribution in [2.24, 2.45) is 0 Å². The first kappa shape index (κ1) is 19.9. The van der Waals surface area contributed by atoms with Gasteiger partial charge in [-0.3, -0.25) is 9.78 Å². The smallest absolute Gasteiger partial charge is 0.335 e. The molecule has 1 aliphatic carbocycles. The second kappa shape index (κ2) is 8.26. The van der Waals surface area contributed by atoms with Crippen LogP contribution >= 0.6 is 0 Å². The van der Waals surface area contributed by atoms with Gasteiger partial charge in [0.15, 0.2) is 0 Å². The van der Waals surface area contributed by atoms with Crippen LogP contribution in [0.4, 0.5) is 5.69 Å². The molecule has 1 saturated carbocycles. The van der Waals surface area contributed by atoms with Gasteiger partial charge in [0.25, 0.3) is 5.91 Å². The van der Waals surface area contributed by atoms with Gasteiger partial charge in [0, 0.05) is 35.2 Å². The number of aromatic nitrogens is 3. The fourth-order valence-electron chi connectivity index (χ4n) is 4.38. The van der Waals surface area contributed by atoms with Gasteiger partial charge in [-0.25, -0.2) is 9.78 Å². The minimum absolute atomic E-state index is 0.196. The van der Waals surface area contributed by atoms with E-state index in [1.807, 2.05) is 18.2 Å². The van der Waals surface area contributed by atoms with Gasteiger partial charge >= 0.3 is 5.97 Å². The first-order valence-electron chi connectivity index (χ1n) is 10.7. The third kappa shape index (κ3) is 3.73. The number of rotatable bonds is 5. The highest BCUT2D eigenvalue weighted by Gasteiger charge is 2.24. The highest BCUT2D eigenvalue weighted by molar-refractivity contribution is 6.04. The van der Waals surface area contributed by atoms with E-state index < -0.39 is 5.97 Å². The van der Waals surface area contributed by atoms with Crippen molar-refractivity contribution in [2.45, 2.75) is 31.7 Å². The van der Waals surface area contributed by atoms with E-state index in [1.54, 1.807) is 48.8 Å². The third-order valence-electron chi connectivity index (χ3n) is 5.97. The number of anilines is 1. The lowest BCUT2D eigenvalue weighted by Crippen LogP contribution is -2.12. The molecule has 5 rings (SSSR count). The fraction of sp³-hybridized carbons (Fsp3) is 0.200. The molecule has 0 atom stereocenters. The van der Waals surface area contributed by atoms with Gasteiger partial charge in [-0.1, -0.05) is 25.0 Å². The molecule has 0 radical (unpaired) electrons. The molecule has 7 nitrogen and oxygen atoms in total. The Bertz CT molecular complexity index is 1290. The number of imidazole rings is 1. The van der Waals surface area contributed by atoms with E-state index in [0.29, 0.717) is 22.8 Å². The zero-order valence-electron chi connectivity index (χ0n) is 17.4. The average molecular weight is 426 g/mol. The zero-order chi connectivity index (χ0) is 22.1. The van der Waals surface area contributed by atoms with Crippen molar-refractivity contribution in [1.29, 1.82) is 0 Å². The lowest BCUT2D eigenvalue weighted by atomic mass is 10.1. The first-order chi connectivity index (χ1) is 15.6. The SMILES string of the molecule is O=C(O)c1ccc2c(c1)nc(-c1ccc(C(=O)Nc3ccncc3)cc1)n2C1CCCC1. The molecule has 2 heterocycles. The van der Waals surface area contributed by atoms with E-state index in [0.717, 1.165) is 29.7 Å². The minimum atomic E-state index is -0.964. The number of nitrogens with one attached hydrogen (secondary N) is 1. The number of carbonyl (C=O) groups is 2. The maximum atomic E-state index is 12.6. The van der Waals surface area contributed by atoms with E-state index in [4.69, 9.17) is 4.98 Å². The Morgan fingerprint density at radius 3 is 2.31 bits per heavy atom. The summed E-state index contributed by atoms with van der Waals surface area (Å²) >= 11 is 0. The summed E-state index contributed by atoms with van der Waals surface area (Å²) in [6.45, 7) is 0. The van der Waals surface area contributed by atoms with Crippen molar-refractivity contribution in [1.82, 2.24) is 14.5 Å². The van der Waals surface area contributed by atoms with Crippen molar-refractivity contribution in [3.05, 3.63) is 78.1 Å². The Balaban J connectivity index is 1.51. The molecule has 2 aromatic carbocycles. The first-order valence-corrected chi connectivity index (χ1v) is 10.7. The van der Waals surface area contributed by atoms with Crippen molar-refractivity contribution in [2.75, 3.05) is 5.32 Å². The summed E-state index contributed by atoms with van der Waals surface area (Å²) in [6.07, 6.45) is 7.75. The third-order valence-corrected chi connectivity index (χ3v) is 5.97. The van der Waals surface area contributed by atoms with Crippen molar-refractivity contribution < 1.29 is 14.7 Å². The van der Waals surface area contributed by atoms with Gasteiger partial charge < -0.3 is 15.0 Å². The Morgan fingerprint density at radius 1 is 0.938 bits per heavy atom. The molecule has 160 valence electrons. The van der Waals surface area contributed by atoms with Crippen LogP contribution in [0.1, 0.15) is 52.4 Å². The number of pyridine rings is 1. The maximum Gasteiger partial charge on any atom is 0.335 e. The molecule has 4 aromatic rings. The molecule has 0 aliphatic heterocycles. The number of amides is 1. The van der Waals surface area contributed by atoms with Crippen LogP contribution in [0.3, 0.4) is 0 Å². The quantitative estimate of drug-likeness (QED) is 0.459. The Labute approximate surface area is 184 Å². The van der Waals surface area contributed by atoms with Gasteiger partial charge in [0.2, 0.25) is 0 Å². The van der Waals surface area contributed by atoms with Crippen LogP contribution in [0.25, 0.3) is 22.4 Å². The molecular weight excluding hydrogens is 404 g/mol. The number of carboxylic acid groups (broad SMARTS) is 1. The number of aromatic carboxylic acids is 1. The predicted molar refractivity (Wildman–Crippen MR) is 122 cm³/mol. The fourth-order valence-corrected chi connectivity index (χ4v) is 4.38. The number of hydrogen-bond acceptors (Lipinski definition) is 4. The summed E-state index contributed by atoms with van der Waals surface area (Å²) in [7, 11) is 0. The number of hydrogen-bond donors (Lipinski definition) is 2. The van der Waals surface area contributed by atoms with Crippen LogP contribution in [0.5, 0.6) is 0 Å². The summed E-state index contributed by atoms with van der Waals surface area (Å²) in [6, 6.07) is 16.3. The average Bonchev–Trinajstić information content (AvgIpc) is 3.47. The van der Waals surface area contributed by atoms with Crippen LogP contribution in [0.15, 0.2) is 67.0 Å². The van der Waals surface area contributed by atoms with Gasteiger partial charge in [0.05, 0.1) is 16.6 Å². The van der Waals surface area contributed by atoms with E-state index >= 15 is 0 Å². The van der Waals surface area contributed by atoms with E-state index in [-0.39, 0.29) is 11.5 Å². The zero-order valence-corrected chi connectivity index (χ0v) is 17.4. The van der Waals surface area contributed by atoms with Gasteiger partial charge in [-0.2, -0.15) is 0 Å². The van der Waals surface area contributed by atoms with Gasteiger partial charge in [-0.05, 0) is 55.3 Å². The van der Waals surface area contributed by atoms with Gasteiger partial charge in [-0.15, -0.1) is 0 Å².